The fraction of sp³-hybridized carbons (Fsp3) is 0.200. The molecule has 2 amide bonds. The molecule has 0 spiro atoms. The van der Waals surface area contributed by atoms with Crippen LogP contribution in [0.2, 0.25) is 0 Å². The van der Waals surface area contributed by atoms with Gasteiger partial charge >= 0.3 is 0 Å². The van der Waals surface area contributed by atoms with E-state index in [0.29, 0.717) is 5.56 Å². The maximum absolute atomic E-state index is 13.2. The number of nitrogens with one attached hydrogen (secondary N) is 2. The second-order valence-electron chi connectivity index (χ2n) is 7.49. The molecule has 0 atom stereocenters. The van der Waals surface area contributed by atoms with Gasteiger partial charge in [-0.05, 0) is 35.9 Å². The van der Waals surface area contributed by atoms with Crippen molar-refractivity contribution in [3.8, 4) is 5.75 Å². The Kier molecular flexibility index (Phi) is 8.39. The number of carbonyl (C=O) groups is 2. The third-order valence-electron chi connectivity index (χ3n) is 5.09. The van der Waals surface area contributed by atoms with Crippen molar-refractivity contribution in [2.75, 3.05) is 27.2 Å². The molecule has 0 saturated heterocycles. The summed E-state index contributed by atoms with van der Waals surface area (Å²) >= 11 is 0. The molecule has 178 valence electrons. The van der Waals surface area contributed by atoms with E-state index in [4.69, 9.17) is 4.74 Å². The molecule has 3 aromatic carbocycles. The predicted octanol–water partition coefficient (Wildman–Crippen LogP) is 2.68. The highest BCUT2D eigenvalue weighted by molar-refractivity contribution is 7.89. The van der Waals surface area contributed by atoms with Crippen LogP contribution < -0.4 is 15.4 Å². The first-order valence-corrected chi connectivity index (χ1v) is 12.1. The summed E-state index contributed by atoms with van der Waals surface area (Å²) in [6, 6.07) is 22.2. The molecule has 34 heavy (non-hydrogen) atoms. The van der Waals surface area contributed by atoms with Crippen LogP contribution in [0.5, 0.6) is 5.75 Å². The van der Waals surface area contributed by atoms with Crippen LogP contribution in [-0.2, 0) is 16.6 Å². The predicted molar refractivity (Wildman–Crippen MR) is 129 cm³/mol. The molecule has 3 aromatic rings. The number of carbonyl (C=O) groups excluding carboxylic acids is 2. The van der Waals surface area contributed by atoms with Crippen LogP contribution in [0.15, 0.2) is 83.8 Å². The topological polar surface area (TPSA) is 105 Å². The molecule has 0 saturated carbocycles. The van der Waals surface area contributed by atoms with Crippen molar-refractivity contribution >= 4 is 21.8 Å². The molecule has 0 aliphatic carbocycles. The Bertz CT molecular complexity index is 1230. The quantitative estimate of drug-likeness (QED) is 0.433. The van der Waals surface area contributed by atoms with E-state index < -0.39 is 15.9 Å². The Labute approximate surface area is 199 Å². The minimum atomic E-state index is -3.93. The molecule has 0 aliphatic heterocycles. The van der Waals surface area contributed by atoms with Crippen LogP contribution in [0.4, 0.5) is 0 Å². The first-order valence-electron chi connectivity index (χ1n) is 10.6. The Morgan fingerprint density at radius 3 is 1.97 bits per heavy atom. The molecule has 9 heteroatoms. The lowest BCUT2D eigenvalue weighted by Gasteiger charge is -2.19. The number of amides is 2. The normalized spacial score (nSPS) is 11.1. The minimum absolute atomic E-state index is 0.0986. The van der Waals surface area contributed by atoms with Gasteiger partial charge in [0.1, 0.15) is 10.6 Å². The van der Waals surface area contributed by atoms with Crippen molar-refractivity contribution in [2.24, 2.45) is 0 Å². The molecule has 0 radical (unpaired) electrons. The molecule has 0 heterocycles. The summed E-state index contributed by atoms with van der Waals surface area (Å²) in [5, 5.41) is 5.41. The van der Waals surface area contributed by atoms with E-state index in [1.807, 2.05) is 36.4 Å². The van der Waals surface area contributed by atoms with Crippen LogP contribution in [0.3, 0.4) is 0 Å². The molecule has 0 aliphatic rings. The molecule has 0 aromatic heterocycles. The van der Waals surface area contributed by atoms with Gasteiger partial charge in [0, 0.05) is 37.8 Å². The van der Waals surface area contributed by atoms with Crippen LogP contribution in [0.25, 0.3) is 0 Å². The molecule has 0 bridgehead atoms. The fourth-order valence-corrected chi connectivity index (χ4v) is 4.59. The second kappa shape index (κ2) is 11.4. The standard InChI is InChI=1S/C25H27N3O5S/c1-28(18-19-9-5-3-6-10-19)34(31,32)23-17-21(13-14-22(23)33-2)25(30)27-16-15-26-24(29)20-11-7-4-8-12-20/h3-14,17H,15-16,18H2,1-2H3,(H,26,29)(H,27,30). The van der Waals surface area contributed by atoms with Crippen molar-refractivity contribution < 1.29 is 22.7 Å². The summed E-state index contributed by atoms with van der Waals surface area (Å²) in [7, 11) is -1.08. The van der Waals surface area contributed by atoms with Crippen molar-refractivity contribution in [3.63, 3.8) is 0 Å². The zero-order valence-corrected chi connectivity index (χ0v) is 19.8. The first-order chi connectivity index (χ1) is 16.3. The maximum atomic E-state index is 13.2. The number of rotatable bonds is 10. The number of hydrogen-bond acceptors (Lipinski definition) is 5. The van der Waals surface area contributed by atoms with Gasteiger partial charge in [-0.1, -0.05) is 48.5 Å². The van der Waals surface area contributed by atoms with E-state index in [2.05, 4.69) is 10.6 Å². The van der Waals surface area contributed by atoms with Crippen LogP contribution in [-0.4, -0.2) is 51.8 Å². The lowest BCUT2D eigenvalue weighted by atomic mass is 10.2. The van der Waals surface area contributed by atoms with Crippen molar-refractivity contribution in [2.45, 2.75) is 11.4 Å². The lowest BCUT2D eigenvalue weighted by Crippen LogP contribution is -2.34. The third kappa shape index (κ3) is 6.21. The average Bonchev–Trinajstić information content (AvgIpc) is 2.87. The average molecular weight is 482 g/mol. The molecule has 3 rings (SSSR count). The Morgan fingerprint density at radius 2 is 1.38 bits per heavy atom. The minimum Gasteiger partial charge on any atom is -0.495 e. The van der Waals surface area contributed by atoms with E-state index in [1.54, 1.807) is 24.3 Å². The lowest BCUT2D eigenvalue weighted by molar-refractivity contribution is 0.0927. The van der Waals surface area contributed by atoms with E-state index in [1.165, 1.54) is 36.7 Å². The van der Waals surface area contributed by atoms with Gasteiger partial charge in [0.05, 0.1) is 7.11 Å². The van der Waals surface area contributed by atoms with E-state index >= 15 is 0 Å². The van der Waals surface area contributed by atoms with E-state index in [-0.39, 0.29) is 41.7 Å². The van der Waals surface area contributed by atoms with Crippen molar-refractivity contribution in [1.82, 2.24) is 14.9 Å². The molecular formula is C25H27N3O5S. The van der Waals surface area contributed by atoms with E-state index in [0.717, 1.165) is 5.56 Å². The van der Waals surface area contributed by atoms with Gasteiger partial charge in [-0.3, -0.25) is 9.59 Å². The molecule has 8 nitrogen and oxygen atoms in total. The zero-order chi connectivity index (χ0) is 24.6. The smallest absolute Gasteiger partial charge is 0.251 e. The Morgan fingerprint density at radius 1 is 0.824 bits per heavy atom. The van der Waals surface area contributed by atoms with E-state index in [9.17, 15) is 18.0 Å². The highest BCUT2D eigenvalue weighted by Crippen LogP contribution is 2.28. The summed E-state index contributed by atoms with van der Waals surface area (Å²) in [6.45, 7) is 0.573. The summed E-state index contributed by atoms with van der Waals surface area (Å²) in [6.07, 6.45) is 0. The summed E-state index contributed by atoms with van der Waals surface area (Å²) in [5.41, 5.74) is 1.53. The molecular weight excluding hydrogens is 454 g/mol. The van der Waals surface area contributed by atoms with Crippen molar-refractivity contribution in [3.05, 3.63) is 95.6 Å². The van der Waals surface area contributed by atoms with Gasteiger partial charge in [-0.15, -0.1) is 0 Å². The maximum Gasteiger partial charge on any atom is 0.251 e. The SMILES string of the molecule is COc1ccc(C(=O)NCCNC(=O)c2ccccc2)cc1S(=O)(=O)N(C)Cc1ccccc1. The number of benzene rings is 3. The first kappa shape index (κ1) is 24.9. The molecule has 0 unspecified atom stereocenters. The van der Waals surface area contributed by atoms with Gasteiger partial charge in [-0.2, -0.15) is 4.31 Å². The fourth-order valence-electron chi connectivity index (χ4n) is 3.26. The number of hydrogen-bond donors (Lipinski definition) is 2. The Hall–Kier alpha value is -3.69. The largest absolute Gasteiger partial charge is 0.495 e. The molecule has 0 fully saturated rings. The van der Waals surface area contributed by atoms with Gasteiger partial charge in [-0.25, -0.2) is 8.42 Å². The van der Waals surface area contributed by atoms with Crippen LogP contribution in [0.1, 0.15) is 26.3 Å². The highest BCUT2D eigenvalue weighted by Gasteiger charge is 2.26. The summed E-state index contributed by atoms with van der Waals surface area (Å²) in [4.78, 5) is 24.6. The number of methoxy groups -OCH3 is 1. The highest BCUT2D eigenvalue weighted by atomic mass is 32.2. The number of nitrogens with zero attached hydrogens (tertiary/aromatic N) is 1. The monoisotopic (exact) mass is 481 g/mol. The number of ether oxygens (including phenoxy) is 1. The summed E-state index contributed by atoms with van der Waals surface area (Å²) in [5.74, 6) is -0.556. The van der Waals surface area contributed by atoms with Gasteiger partial charge in [0.2, 0.25) is 10.0 Å². The van der Waals surface area contributed by atoms with Crippen LogP contribution >= 0.6 is 0 Å². The van der Waals surface area contributed by atoms with Gasteiger partial charge < -0.3 is 15.4 Å². The second-order valence-corrected chi connectivity index (χ2v) is 9.50. The summed E-state index contributed by atoms with van der Waals surface area (Å²) < 4.78 is 32.9. The van der Waals surface area contributed by atoms with Gasteiger partial charge in [0.25, 0.3) is 11.8 Å². The number of sulfonamides is 1. The molecule has 2 N–H and O–H groups in total. The Balaban J connectivity index is 1.66. The van der Waals surface area contributed by atoms with Gasteiger partial charge in [0.15, 0.2) is 0 Å². The third-order valence-corrected chi connectivity index (χ3v) is 6.92. The van der Waals surface area contributed by atoms with Crippen molar-refractivity contribution in [1.29, 1.82) is 0 Å². The zero-order valence-electron chi connectivity index (χ0n) is 19.0. The van der Waals surface area contributed by atoms with Crippen LogP contribution in [0, 0.1) is 0 Å².